The SMILES string of the molecule is Cc1cc(C)c(S(=O)(=O)c2ccc(CNC(=O)c3cc4cnccc4[nH]3)cc2)c(C)c1. The zero-order valence-electron chi connectivity index (χ0n) is 17.6. The molecule has 1 amide bonds. The number of H-pyrrole nitrogens is 1. The second kappa shape index (κ2) is 8.00. The van der Waals surface area contributed by atoms with Crippen LogP contribution in [0.2, 0.25) is 0 Å². The Hall–Kier alpha value is -3.45. The van der Waals surface area contributed by atoms with Crippen molar-refractivity contribution < 1.29 is 13.2 Å². The molecule has 0 saturated heterocycles. The number of hydrogen-bond donors (Lipinski definition) is 2. The zero-order valence-corrected chi connectivity index (χ0v) is 18.4. The van der Waals surface area contributed by atoms with Gasteiger partial charge in [0, 0.05) is 29.8 Å². The number of hydrogen-bond acceptors (Lipinski definition) is 4. The fourth-order valence-corrected chi connectivity index (χ4v) is 5.56. The second-order valence-corrected chi connectivity index (χ2v) is 9.59. The first-order chi connectivity index (χ1) is 14.8. The third kappa shape index (κ3) is 4.09. The van der Waals surface area contributed by atoms with E-state index in [0.717, 1.165) is 33.2 Å². The highest BCUT2D eigenvalue weighted by Crippen LogP contribution is 2.28. The molecule has 0 fully saturated rings. The van der Waals surface area contributed by atoms with Crippen molar-refractivity contribution >= 4 is 26.6 Å². The molecule has 0 atom stereocenters. The van der Waals surface area contributed by atoms with Crippen molar-refractivity contribution in [2.45, 2.75) is 37.1 Å². The number of aromatic nitrogens is 2. The Balaban J connectivity index is 1.50. The minimum atomic E-state index is -3.62. The van der Waals surface area contributed by atoms with Crippen LogP contribution in [-0.4, -0.2) is 24.3 Å². The van der Waals surface area contributed by atoms with Gasteiger partial charge in [-0.25, -0.2) is 8.42 Å². The molecule has 0 spiro atoms. The molecular weight excluding hydrogens is 410 g/mol. The van der Waals surface area contributed by atoms with Crippen molar-refractivity contribution in [3.8, 4) is 0 Å². The van der Waals surface area contributed by atoms with Gasteiger partial charge < -0.3 is 10.3 Å². The number of aromatic amines is 1. The molecule has 0 bridgehead atoms. The van der Waals surface area contributed by atoms with Crippen molar-refractivity contribution in [2.75, 3.05) is 0 Å². The molecule has 0 unspecified atom stereocenters. The van der Waals surface area contributed by atoms with E-state index in [-0.39, 0.29) is 17.3 Å². The molecule has 2 aromatic heterocycles. The topological polar surface area (TPSA) is 91.9 Å². The van der Waals surface area contributed by atoms with Crippen LogP contribution < -0.4 is 5.32 Å². The molecule has 4 aromatic rings. The lowest BCUT2D eigenvalue weighted by molar-refractivity contribution is 0.0946. The highest BCUT2D eigenvalue weighted by molar-refractivity contribution is 7.91. The van der Waals surface area contributed by atoms with E-state index in [1.54, 1.807) is 42.7 Å². The van der Waals surface area contributed by atoms with Crippen molar-refractivity contribution in [3.05, 3.63) is 88.9 Å². The van der Waals surface area contributed by atoms with Gasteiger partial charge in [0.05, 0.1) is 9.79 Å². The predicted octanol–water partition coefficient (Wildman–Crippen LogP) is 4.25. The summed E-state index contributed by atoms with van der Waals surface area (Å²) in [5.41, 5.74) is 4.61. The standard InChI is InChI=1S/C24H23N3O3S/c1-15-10-16(2)23(17(3)11-15)31(29,30)20-6-4-18(5-7-20)13-26-24(28)22-12-19-14-25-9-8-21(19)27-22/h4-12,14,27H,13H2,1-3H3,(H,26,28). The van der Waals surface area contributed by atoms with Crippen LogP contribution in [-0.2, 0) is 16.4 Å². The molecule has 0 aliphatic rings. The van der Waals surface area contributed by atoms with Gasteiger partial charge in [0.2, 0.25) is 9.84 Å². The number of aryl methyl sites for hydroxylation is 3. The Morgan fingerprint density at radius 1 is 1.00 bits per heavy atom. The number of rotatable bonds is 5. The normalized spacial score (nSPS) is 11.6. The summed E-state index contributed by atoms with van der Waals surface area (Å²) in [5, 5.41) is 3.72. The number of nitrogens with one attached hydrogen (secondary N) is 2. The first-order valence-corrected chi connectivity index (χ1v) is 11.4. The van der Waals surface area contributed by atoms with Gasteiger partial charge in [-0.1, -0.05) is 29.8 Å². The lowest BCUT2D eigenvalue weighted by Gasteiger charge is -2.13. The molecule has 158 valence electrons. The summed E-state index contributed by atoms with van der Waals surface area (Å²) >= 11 is 0. The lowest BCUT2D eigenvalue weighted by atomic mass is 10.1. The Morgan fingerprint density at radius 3 is 2.32 bits per heavy atom. The second-order valence-electron chi connectivity index (χ2n) is 7.70. The quantitative estimate of drug-likeness (QED) is 0.492. The van der Waals surface area contributed by atoms with Crippen molar-refractivity contribution in [1.82, 2.24) is 15.3 Å². The fraction of sp³-hybridized carbons (Fsp3) is 0.167. The summed E-state index contributed by atoms with van der Waals surface area (Å²) in [4.78, 5) is 20.1. The average molecular weight is 434 g/mol. The maximum absolute atomic E-state index is 13.2. The van der Waals surface area contributed by atoms with E-state index in [9.17, 15) is 13.2 Å². The van der Waals surface area contributed by atoms with Crippen LogP contribution in [0.15, 0.2) is 70.7 Å². The minimum absolute atomic E-state index is 0.237. The van der Waals surface area contributed by atoms with Crippen LogP contribution >= 0.6 is 0 Å². The summed E-state index contributed by atoms with van der Waals surface area (Å²) in [6.07, 6.45) is 3.36. The fourth-order valence-electron chi connectivity index (χ4n) is 3.87. The van der Waals surface area contributed by atoms with Crippen molar-refractivity contribution in [3.63, 3.8) is 0 Å². The van der Waals surface area contributed by atoms with E-state index in [1.807, 2.05) is 39.0 Å². The molecule has 0 aliphatic carbocycles. The first-order valence-electron chi connectivity index (χ1n) is 9.88. The molecule has 6 nitrogen and oxygen atoms in total. The van der Waals surface area contributed by atoms with E-state index >= 15 is 0 Å². The van der Waals surface area contributed by atoms with E-state index < -0.39 is 9.84 Å². The van der Waals surface area contributed by atoms with Crippen LogP contribution in [0.25, 0.3) is 10.9 Å². The summed E-state index contributed by atoms with van der Waals surface area (Å²) in [5.74, 6) is -0.237. The summed E-state index contributed by atoms with van der Waals surface area (Å²) in [6, 6.07) is 13.9. The number of pyridine rings is 1. The molecule has 0 radical (unpaired) electrons. The van der Waals surface area contributed by atoms with Gasteiger partial charge in [-0.3, -0.25) is 9.78 Å². The van der Waals surface area contributed by atoms with Crippen LogP contribution in [0.3, 0.4) is 0 Å². The zero-order chi connectivity index (χ0) is 22.2. The van der Waals surface area contributed by atoms with Gasteiger partial charge in [-0.15, -0.1) is 0 Å². The number of carbonyl (C=O) groups excluding carboxylic acids is 1. The third-order valence-corrected chi connectivity index (χ3v) is 7.30. The smallest absolute Gasteiger partial charge is 0.267 e. The van der Waals surface area contributed by atoms with Crippen LogP contribution in [0.1, 0.15) is 32.7 Å². The maximum atomic E-state index is 13.2. The van der Waals surface area contributed by atoms with Gasteiger partial charge in [-0.2, -0.15) is 0 Å². The van der Waals surface area contributed by atoms with Gasteiger partial charge in [-0.05, 0) is 61.7 Å². The Labute approximate surface area is 181 Å². The number of fused-ring (bicyclic) bond motifs is 1. The molecular formula is C24H23N3O3S. The number of amides is 1. The average Bonchev–Trinajstić information content (AvgIpc) is 3.16. The Bertz CT molecular complexity index is 1330. The highest BCUT2D eigenvalue weighted by atomic mass is 32.2. The van der Waals surface area contributed by atoms with E-state index in [2.05, 4.69) is 15.3 Å². The van der Waals surface area contributed by atoms with Crippen LogP contribution in [0.5, 0.6) is 0 Å². The molecule has 31 heavy (non-hydrogen) atoms. The largest absolute Gasteiger partial charge is 0.350 e. The monoisotopic (exact) mass is 433 g/mol. The molecule has 4 rings (SSSR count). The van der Waals surface area contributed by atoms with E-state index in [1.165, 1.54) is 0 Å². The van der Waals surface area contributed by atoms with Gasteiger partial charge >= 0.3 is 0 Å². The van der Waals surface area contributed by atoms with Crippen LogP contribution in [0.4, 0.5) is 0 Å². The molecule has 7 heteroatoms. The molecule has 2 aromatic carbocycles. The highest BCUT2D eigenvalue weighted by Gasteiger charge is 2.22. The number of benzene rings is 2. The first kappa shape index (κ1) is 20.8. The number of sulfone groups is 1. The third-order valence-electron chi connectivity index (χ3n) is 5.23. The van der Waals surface area contributed by atoms with Gasteiger partial charge in [0.1, 0.15) is 5.69 Å². The molecule has 0 saturated carbocycles. The molecule has 2 N–H and O–H groups in total. The summed E-state index contributed by atoms with van der Waals surface area (Å²) < 4.78 is 26.3. The van der Waals surface area contributed by atoms with E-state index in [4.69, 9.17) is 0 Å². The molecule has 2 heterocycles. The Kier molecular flexibility index (Phi) is 5.37. The number of nitrogens with zero attached hydrogens (tertiary/aromatic N) is 1. The lowest BCUT2D eigenvalue weighted by Crippen LogP contribution is -2.23. The van der Waals surface area contributed by atoms with Gasteiger partial charge in [0.15, 0.2) is 0 Å². The Morgan fingerprint density at radius 2 is 1.68 bits per heavy atom. The maximum Gasteiger partial charge on any atom is 0.267 e. The summed E-state index contributed by atoms with van der Waals surface area (Å²) in [7, 11) is -3.62. The molecule has 0 aliphatic heterocycles. The van der Waals surface area contributed by atoms with E-state index in [0.29, 0.717) is 10.6 Å². The minimum Gasteiger partial charge on any atom is -0.350 e. The van der Waals surface area contributed by atoms with Crippen LogP contribution in [0, 0.1) is 20.8 Å². The number of carbonyl (C=O) groups is 1. The van der Waals surface area contributed by atoms with Crippen molar-refractivity contribution in [2.24, 2.45) is 0 Å². The predicted molar refractivity (Wildman–Crippen MR) is 120 cm³/mol. The summed E-state index contributed by atoms with van der Waals surface area (Å²) in [6.45, 7) is 5.87. The van der Waals surface area contributed by atoms with Gasteiger partial charge in [0.25, 0.3) is 5.91 Å². The van der Waals surface area contributed by atoms with Crippen molar-refractivity contribution in [1.29, 1.82) is 0 Å².